The summed E-state index contributed by atoms with van der Waals surface area (Å²) in [6, 6.07) is 18.2. The van der Waals surface area contributed by atoms with Crippen LogP contribution in [0.2, 0.25) is 10.0 Å². The zero-order chi connectivity index (χ0) is 27.7. The van der Waals surface area contributed by atoms with Crippen molar-refractivity contribution in [1.29, 1.82) is 0 Å². The number of nitrogens with one attached hydrogen (secondary N) is 1. The number of nitrogens with zero attached hydrogens (tertiary/aromatic N) is 1. The highest BCUT2D eigenvalue weighted by molar-refractivity contribution is 6.42. The molecule has 0 bridgehead atoms. The van der Waals surface area contributed by atoms with E-state index >= 15 is 0 Å². The van der Waals surface area contributed by atoms with Crippen LogP contribution in [0.5, 0.6) is 5.75 Å². The number of carbonyl (C=O) groups is 2. The van der Waals surface area contributed by atoms with Crippen molar-refractivity contribution in [3.05, 3.63) is 98.5 Å². The van der Waals surface area contributed by atoms with Crippen LogP contribution in [-0.4, -0.2) is 35.9 Å². The van der Waals surface area contributed by atoms with Crippen LogP contribution < -0.4 is 10.1 Å². The number of benzene rings is 3. The Hall–Kier alpha value is -3.02. The molecule has 1 atom stereocenters. The standard InChI is InChI=1S/C31H36Cl2N2O3/c1-5-6-14-34-31(37)28(18-24-10-8-7-9-11-24)35(19-25-12-13-26(32)27(33)17-25)30(36)20-38-29-16-21(2)15-22(3)23(29)4/h7-13,15-17,28H,5-6,14,18-20H2,1-4H3,(H,34,37). The lowest BCUT2D eigenvalue weighted by Crippen LogP contribution is -2.51. The van der Waals surface area contributed by atoms with E-state index in [1.807, 2.05) is 63.2 Å². The first-order valence-corrected chi connectivity index (χ1v) is 13.7. The molecule has 3 aromatic carbocycles. The molecular weight excluding hydrogens is 519 g/mol. The van der Waals surface area contributed by atoms with Crippen molar-refractivity contribution >= 4 is 35.0 Å². The maximum Gasteiger partial charge on any atom is 0.261 e. The number of hydrogen-bond donors (Lipinski definition) is 1. The summed E-state index contributed by atoms with van der Waals surface area (Å²) in [5, 5.41) is 3.85. The average molecular weight is 556 g/mol. The molecule has 2 amide bonds. The summed E-state index contributed by atoms with van der Waals surface area (Å²) >= 11 is 12.4. The Morgan fingerprint density at radius 3 is 2.37 bits per heavy atom. The molecule has 5 nitrogen and oxygen atoms in total. The Morgan fingerprint density at radius 2 is 1.68 bits per heavy atom. The number of halogens is 2. The third kappa shape index (κ3) is 8.24. The summed E-state index contributed by atoms with van der Waals surface area (Å²) < 4.78 is 6.03. The SMILES string of the molecule is CCCCNC(=O)C(Cc1ccccc1)N(Cc1ccc(Cl)c(Cl)c1)C(=O)COc1cc(C)cc(C)c1C. The molecule has 0 aromatic heterocycles. The van der Waals surface area contributed by atoms with Crippen molar-refractivity contribution in [2.75, 3.05) is 13.2 Å². The Kier molecular flexibility index (Phi) is 11.1. The minimum atomic E-state index is -0.736. The highest BCUT2D eigenvalue weighted by atomic mass is 35.5. The van der Waals surface area contributed by atoms with Gasteiger partial charge in [-0.2, -0.15) is 0 Å². The largest absolute Gasteiger partial charge is 0.483 e. The van der Waals surface area contributed by atoms with Gasteiger partial charge in [-0.15, -0.1) is 0 Å². The van der Waals surface area contributed by atoms with Gasteiger partial charge >= 0.3 is 0 Å². The number of rotatable bonds is 12. The molecule has 3 aromatic rings. The van der Waals surface area contributed by atoms with E-state index < -0.39 is 6.04 Å². The minimum Gasteiger partial charge on any atom is -0.483 e. The van der Waals surface area contributed by atoms with Gasteiger partial charge in [0.1, 0.15) is 11.8 Å². The lowest BCUT2D eigenvalue weighted by molar-refractivity contribution is -0.142. The molecular formula is C31H36Cl2N2O3. The summed E-state index contributed by atoms with van der Waals surface area (Å²) in [7, 11) is 0. The Bertz CT molecular complexity index is 1250. The molecule has 3 rings (SSSR count). The first-order valence-electron chi connectivity index (χ1n) is 12.9. The van der Waals surface area contributed by atoms with Crippen LogP contribution in [0, 0.1) is 20.8 Å². The second kappa shape index (κ2) is 14.2. The van der Waals surface area contributed by atoms with Crippen molar-refractivity contribution in [2.45, 2.75) is 59.5 Å². The van der Waals surface area contributed by atoms with Crippen molar-refractivity contribution < 1.29 is 14.3 Å². The van der Waals surface area contributed by atoms with Crippen molar-refractivity contribution in [2.24, 2.45) is 0 Å². The topological polar surface area (TPSA) is 58.6 Å². The molecule has 0 radical (unpaired) electrons. The van der Waals surface area contributed by atoms with Gasteiger partial charge in [-0.25, -0.2) is 0 Å². The van der Waals surface area contributed by atoms with Gasteiger partial charge < -0.3 is 15.0 Å². The predicted octanol–water partition coefficient (Wildman–Crippen LogP) is 6.85. The van der Waals surface area contributed by atoms with E-state index in [1.54, 1.807) is 17.0 Å². The normalized spacial score (nSPS) is 11.6. The molecule has 0 saturated carbocycles. The summed E-state index contributed by atoms with van der Waals surface area (Å²) in [5.74, 6) is 0.178. The fourth-order valence-corrected chi connectivity index (χ4v) is 4.59. The van der Waals surface area contributed by atoms with Gasteiger partial charge in [0.05, 0.1) is 10.0 Å². The van der Waals surface area contributed by atoms with Crippen LogP contribution >= 0.6 is 23.2 Å². The average Bonchev–Trinajstić information content (AvgIpc) is 2.89. The highest BCUT2D eigenvalue weighted by Crippen LogP contribution is 2.26. The van der Waals surface area contributed by atoms with Crippen LogP contribution in [0.1, 0.15) is 47.6 Å². The van der Waals surface area contributed by atoms with Gasteiger partial charge in [-0.05, 0) is 73.2 Å². The molecule has 0 spiro atoms. The molecule has 7 heteroatoms. The zero-order valence-electron chi connectivity index (χ0n) is 22.5. The lowest BCUT2D eigenvalue weighted by Gasteiger charge is -2.31. The van der Waals surface area contributed by atoms with Gasteiger partial charge in [-0.3, -0.25) is 9.59 Å². The fourth-order valence-electron chi connectivity index (χ4n) is 4.27. The maximum atomic E-state index is 13.8. The number of hydrogen-bond acceptors (Lipinski definition) is 3. The number of aryl methyl sites for hydroxylation is 2. The molecule has 38 heavy (non-hydrogen) atoms. The van der Waals surface area contributed by atoms with Crippen LogP contribution in [0.15, 0.2) is 60.7 Å². The van der Waals surface area contributed by atoms with Gasteiger partial charge in [-0.1, -0.05) is 79.0 Å². The summed E-state index contributed by atoms with van der Waals surface area (Å²) in [4.78, 5) is 28.9. The van der Waals surface area contributed by atoms with Crippen LogP contribution in [0.3, 0.4) is 0 Å². The minimum absolute atomic E-state index is 0.184. The first kappa shape index (κ1) is 29.5. The van der Waals surface area contributed by atoms with Crippen LogP contribution in [-0.2, 0) is 22.6 Å². The van der Waals surface area contributed by atoms with E-state index in [0.29, 0.717) is 28.8 Å². The maximum absolute atomic E-state index is 13.8. The van der Waals surface area contributed by atoms with Gasteiger partial charge in [0.2, 0.25) is 5.91 Å². The highest BCUT2D eigenvalue weighted by Gasteiger charge is 2.31. The van der Waals surface area contributed by atoms with E-state index in [4.69, 9.17) is 27.9 Å². The smallest absolute Gasteiger partial charge is 0.261 e. The Labute approximate surface area is 236 Å². The molecule has 1 N–H and O–H groups in total. The van der Waals surface area contributed by atoms with Crippen LogP contribution in [0.4, 0.5) is 0 Å². The van der Waals surface area contributed by atoms with Crippen molar-refractivity contribution in [3.8, 4) is 5.75 Å². The fraction of sp³-hybridized carbons (Fsp3) is 0.355. The quantitative estimate of drug-likeness (QED) is 0.249. The molecule has 0 aliphatic rings. The van der Waals surface area contributed by atoms with Crippen LogP contribution in [0.25, 0.3) is 0 Å². The second-order valence-electron chi connectivity index (χ2n) is 9.61. The molecule has 0 fully saturated rings. The van der Waals surface area contributed by atoms with E-state index in [0.717, 1.165) is 40.7 Å². The summed E-state index contributed by atoms with van der Waals surface area (Å²) in [6.45, 7) is 8.59. The molecule has 202 valence electrons. The third-order valence-corrected chi connectivity index (χ3v) is 7.29. The van der Waals surface area contributed by atoms with Crippen molar-refractivity contribution in [3.63, 3.8) is 0 Å². The van der Waals surface area contributed by atoms with E-state index in [1.165, 1.54) is 0 Å². The second-order valence-corrected chi connectivity index (χ2v) is 10.4. The first-order chi connectivity index (χ1) is 18.2. The number of carbonyl (C=O) groups excluding carboxylic acids is 2. The number of ether oxygens (including phenoxy) is 1. The third-order valence-electron chi connectivity index (χ3n) is 6.55. The Morgan fingerprint density at radius 1 is 0.947 bits per heavy atom. The summed E-state index contributed by atoms with van der Waals surface area (Å²) in [5.41, 5.74) is 4.87. The van der Waals surface area contributed by atoms with Gasteiger partial charge in [0, 0.05) is 19.5 Å². The van der Waals surface area contributed by atoms with Gasteiger partial charge in [0.15, 0.2) is 6.61 Å². The zero-order valence-corrected chi connectivity index (χ0v) is 24.0. The number of amides is 2. The van der Waals surface area contributed by atoms with Gasteiger partial charge in [0.25, 0.3) is 5.91 Å². The molecule has 0 saturated heterocycles. The number of unbranched alkanes of at least 4 members (excludes halogenated alkanes) is 1. The lowest BCUT2D eigenvalue weighted by atomic mass is 10.0. The predicted molar refractivity (Wildman–Crippen MR) is 155 cm³/mol. The van der Waals surface area contributed by atoms with E-state index in [-0.39, 0.29) is 25.0 Å². The van der Waals surface area contributed by atoms with E-state index in [9.17, 15) is 9.59 Å². The van der Waals surface area contributed by atoms with Crippen molar-refractivity contribution in [1.82, 2.24) is 10.2 Å². The van der Waals surface area contributed by atoms with E-state index in [2.05, 4.69) is 18.3 Å². The molecule has 0 heterocycles. The molecule has 0 aliphatic carbocycles. The summed E-state index contributed by atoms with van der Waals surface area (Å²) in [6.07, 6.45) is 2.19. The Balaban J connectivity index is 1.94. The molecule has 1 unspecified atom stereocenters. The molecule has 0 aliphatic heterocycles. The monoisotopic (exact) mass is 554 g/mol.